The van der Waals surface area contributed by atoms with E-state index in [-0.39, 0.29) is 24.3 Å². The van der Waals surface area contributed by atoms with Crippen LogP contribution >= 0.6 is 0 Å². The summed E-state index contributed by atoms with van der Waals surface area (Å²) < 4.78 is 5.36. The van der Waals surface area contributed by atoms with Crippen LogP contribution in [0.3, 0.4) is 0 Å². The van der Waals surface area contributed by atoms with E-state index in [2.05, 4.69) is 10.6 Å². The molecule has 37 heavy (non-hydrogen) atoms. The van der Waals surface area contributed by atoms with Crippen molar-refractivity contribution in [1.82, 2.24) is 10.6 Å². The lowest BCUT2D eigenvalue weighted by Crippen LogP contribution is -2.49. The van der Waals surface area contributed by atoms with Crippen LogP contribution in [-0.2, 0) is 33.8 Å². The summed E-state index contributed by atoms with van der Waals surface area (Å²) in [5.74, 6) is -0.416. The van der Waals surface area contributed by atoms with Crippen molar-refractivity contribution in [2.24, 2.45) is 0 Å². The Hall–Kier alpha value is -4.19. The van der Waals surface area contributed by atoms with Crippen molar-refractivity contribution in [3.05, 3.63) is 120 Å². The standard InChI is InChI=1S/C31H34N2O4/c1-24(34)17-20-28(21-18-25-11-5-2-6-12-25)32-30(35)29(22-19-26-13-7-3-8-14-26)33-31(36)37-23-27-15-9-4-10-16-27/h2-17,20,28-29H,18-19,21-23H2,1H3,(H,32,35)(H,33,36)/b20-17+/t28-,29+/m1/s1. The van der Waals surface area contributed by atoms with Crippen LogP contribution in [0.2, 0.25) is 0 Å². The first-order chi connectivity index (χ1) is 18.0. The number of ketones is 1. The molecule has 0 aromatic heterocycles. The lowest BCUT2D eigenvalue weighted by atomic mass is 10.0. The molecule has 0 aliphatic rings. The van der Waals surface area contributed by atoms with Gasteiger partial charge in [-0.1, -0.05) is 97.1 Å². The van der Waals surface area contributed by atoms with Crippen molar-refractivity contribution in [1.29, 1.82) is 0 Å². The molecule has 6 nitrogen and oxygen atoms in total. The second kappa shape index (κ2) is 15.0. The van der Waals surface area contributed by atoms with Gasteiger partial charge in [0.05, 0.1) is 0 Å². The molecule has 0 bridgehead atoms. The molecule has 0 heterocycles. The second-order valence-corrected chi connectivity index (χ2v) is 8.89. The quantitative estimate of drug-likeness (QED) is 0.318. The SMILES string of the molecule is CC(=O)/C=C/[C@H](CCc1ccccc1)NC(=O)[C@H](CCc1ccccc1)NC(=O)OCc1ccccc1. The van der Waals surface area contributed by atoms with E-state index in [0.29, 0.717) is 19.3 Å². The van der Waals surface area contributed by atoms with Crippen molar-refractivity contribution < 1.29 is 19.1 Å². The third-order valence-corrected chi connectivity index (χ3v) is 5.86. The monoisotopic (exact) mass is 498 g/mol. The maximum atomic E-state index is 13.3. The molecule has 2 atom stereocenters. The molecule has 0 spiro atoms. The fraction of sp³-hybridized carbons (Fsp3) is 0.258. The highest BCUT2D eigenvalue weighted by molar-refractivity contribution is 5.88. The summed E-state index contributed by atoms with van der Waals surface area (Å²) in [6, 6.07) is 28.0. The van der Waals surface area contributed by atoms with Gasteiger partial charge < -0.3 is 15.4 Å². The van der Waals surface area contributed by atoms with Crippen molar-refractivity contribution in [3.8, 4) is 0 Å². The van der Waals surface area contributed by atoms with Gasteiger partial charge in [0, 0.05) is 6.04 Å². The van der Waals surface area contributed by atoms with Gasteiger partial charge in [-0.3, -0.25) is 9.59 Å². The molecular formula is C31H34N2O4. The number of benzene rings is 3. The maximum Gasteiger partial charge on any atom is 0.408 e. The predicted molar refractivity (Wildman–Crippen MR) is 145 cm³/mol. The fourth-order valence-corrected chi connectivity index (χ4v) is 3.85. The van der Waals surface area contributed by atoms with Crippen LogP contribution in [0.4, 0.5) is 4.79 Å². The molecule has 0 unspecified atom stereocenters. The molecule has 192 valence electrons. The first kappa shape index (κ1) is 27.4. The van der Waals surface area contributed by atoms with E-state index in [0.717, 1.165) is 23.1 Å². The van der Waals surface area contributed by atoms with Gasteiger partial charge in [0.2, 0.25) is 5.91 Å². The Bertz CT molecular complexity index is 1150. The minimum Gasteiger partial charge on any atom is -0.445 e. The normalized spacial score (nSPS) is 12.5. The van der Waals surface area contributed by atoms with Gasteiger partial charge in [0.1, 0.15) is 12.6 Å². The summed E-state index contributed by atoms with van der Waals surface area (Å²) in [6.07, 6.45) is 4.88. The average Bonchev–Trinajstić information content (AvgIpc) is 2.93. The van der Waals surface area contributed by atoms with E-state index in [1.807, 2.05) is 91.0 Å². The summed E-state index contributed by atoms with van der Waals surface area (Å²) in [5, 5.41) is 5.75. The maximum absolute atomic E-state index is 13.3. The Morgan fingerprint density at radius 2 is 1.24 bits per heavy atom. The molecule has 6 heteroatoms. The zero-order chi connectivity index (χ0) is 26.3. The number of alkyl carbamates (subject to hydrolysis) is 1. The van der Waals surface area contributed by atoms with Crippen LogP contribution in [-0.4, -0.2) is 29.9 Å². The molecular weight excluding hydrogens is 464 g/mol. The van der Waals surface area contributed by atoms with Crippen LogP contribution in [0, 0.1) is 0 Å². The van der Waals surface area contributed by atoms with Crippen molar-refractivity contribution in [3.63, 3.8) is 0 Å². The van der Waals surface area contributed by atoms with Crippen LogP contribution in [0.15, 0.2) is 103 Å². The molecule has 2 N–H and O–H groups in total. The lowest BCUT2D eigenvalue weighted by molar-refractivity contribution is -0.123. The number of amides is 2. The van der Waals surface area contributed by atoms with E-state index in [9.17, 15) is 14.4 Å². The van der Waals surface area contributed by atoms with Gasteiger partial charge in [-0.15, -0.1) is 0 Å². The van der Waals surface area contributed by atoms with Crippen LogP contribution in [0.25, 0.3) is 0 Å². The molecule has 3 aromatic rings. The Kier molecular flexibility index (Phi) is 11.1. The lowest BCUT2D eigenvalue weighted by Gasteiger charge is -2.22. The topological polar surface area (TPSA) is 84.5 Å². The van der Waals surface area contributed by atoms with Gasteiger partial charge in [0.15, 0.2) is 5.78 Å². The Morgan fingerprint density at radius 1 is 0.730 bits per heavy atom. The molecule has 0 fully saturated rings. The van der Waals surface area contributed by atoms with Gasteiger partial charge >= 0.3 is 6.09 Å². The average molecular weight is 499 g/mol. The number of aryl methyl sites for hydroxylation is 2. The third-order valence-electron chi connectivity index (χ3n) is 5.86. The van der Waals surface area contributed by atoms with Crippen LogP contribution in [0.5, 0.6) is 0 Å². The zero-order valence-electron chi connectivity index (χ0n) is 21.1. The minimum atomic E-state index is -0.798. The smallest absolute Gasteiger partial charge is 0.408 e. The highest BCUT2D eigenvalue weighted by Gasteiger charge is 2.23. The van der Waals surface area contributed by atoms with E-state index in [1.54, 1.807) is 6.08 Å². The van der Waals surface area contributed by atoms with E-state index < -0.39 is 12.1 Å². The highest BCUT2D eigenvalue weighted by atomic mass is 16.5. The Morgan fingerprint density at radius 3 is 1.78 bits per heavy atom. The largest absolute Gasteiger partial charge is 0.445 e. The highest BCUT2D eigenvalue weighted by Crippen LogP contribution is 2.10. The van der Waals surface area contributed by atoms with Crippen molar-refractivity contribution >= 4 is 17.8 Å². The summed E-state index contributed by atoms with van der Waals surface area (Å²) in [5.41, 5.74) is 3.07. The summed E-state index contributed by atoms with van der Waals surface area (Å²) >= 11 is 0. The van der Waals surface area contributed by atoms with Crippen LogP contribution < -0.4 is 10.6 Å². The van der Waals surface area contributed by atoms with Crippen molar-refractivity contribution in [2.75, 3.05) is 0 Å². The summed E-state index contributed by atoms with van der Waals surface area (Å²) in [6.45, 7) is 1.58. The predicted octanol–water partition coefficient (Wildman–Crippen LogP) is 5.18. The molecule has 3 aromatic carbocycles. The Balaban J connectivity index is 1.66. The number of allylic oxidation sites excluding steroid dienone is 1. The van der Waals surface area contributed by atoms with Gasteiger partial charge in [-0.25, -0.2) is 4.79 Å². The van der Waals surface area contributed by atoms with E-state index >= 15 is 0 Å². The molecule has 0 aliphatic carbocycles. The van der Waals surface area contributed by atoms with Gasteiger partial charge in [0.25, 0.3) is 0 Å². The Labute approximate surface area is 218 Å². The van der Waals surface area contributed by atoms with E-state index in [4.69, 9.17) is 4.74 Å². The van der Waals surface area contributed by atoms with Gasteiger partial charge in [-0.05, 0) is 55.4 Å². The number of rotatable bonds is 13. The zero-order valence-corrected chi connectivity index (χ0v) is 21.1. The number of hydrogen-bond donors (Lipinski definition) is 2. The van der Waals surface area contributed by atoms with Crippen LogP contribution in [0.1, 0.15) is 36.5 Å². The minimum absolute atomic E-state index is 0.0952. The first-order valence-electron chi connectivity index (χ1n) is 12.5. The molecule has 2 amide bonds. The number of carbonyl (C=O) groups excluding carboxylic acids is 3. The third kappa shape index (κ3) is 10.5. The molecule has 0 aliphatic heterocycles. The number of hydrogen-bond acceptors (Lipinski definition) is 4. The molecule has 0 radical (unpaired) electrons. The molecule has 0 saturated carbocycles. The second-order valence-electron chi connectivity index (χ2n) is 8.89. The molecule has 0 saturated heterocycles. The van der Waals surface area contributed by atoms with Gasteiger partial charge in [-0.2, -0.15) is 0 Å². The van der Waals surface area contributed by atoms with Crippen molar-refractivity contribution in [2.45, 2.75) is 51.3 Å². The summed E-state index contributed by atoms with van der Waals surface area (Å²) in [4.78, 5) is 37.5. The fourth-order valence-electron chi connectivity index (χ4n) is 3.85. The van der Waals surface area contributed by atoms with E-state index in [1.165, 1.54) is 13.0 Å². The number of ether oxygens (including phenoxy) is 1. The summed E-state index contributed by atoms with van der Waals surface area (Å²) in [7, 11) is 0. The number of carbonyl (C=O) groups is 3. The molecule has 3 rings (SSSR count). The number of nitrogens with one attached hydrogen (secondary N) is 2. The first-order valence-corrected chi connectivity index (χ1v) is 12.5.